The molecule has 122 valence electrons. The minimum atomic E-state index is -1.23. The SMILES string of the molecule is O=C(Nc1cccc(Cl)c1O)c1ccoc1C1(O)CCOCC1. The molecule has 3 N–H and O–H groups in total. The Balaban J connectivity index is 1.86. The molecule has 0 aliphatic carbocycles. The van der Waals surface area contributed by atoms with Gasteiger partial charge in [0.2, 0.25) is 0 Å². The lowest BCUT2D eigenvalue weighted by molar-refractivity contribution is -0.0803. The number of furan rings is 1. The van der Waals surface area contributed by atoms with Crippen LogP contribution in [0.3, 0.4) is 0 Å². The quantitative estimate of drug-likeness (QED) is 0.749. The van der Waals surface area contributed by atoms with Gasteiger partial charge in [0.05, 0.1) is 22.5 Å². The molecule has 1 aliphatic heterocycles. The third-order valence-corrected chi connectivity index (χ3v) is 4.19. The minimum absolute atomic E-state index is 0.137. The van der Waals surface area contributed by atoms with Crippen molar-refractivity contribution in [3.8, 4) is 5.75 Å². The monoisotopic (exact) mass is 337 g/mol. The standard InChI is InChI=1S/C16H16ClNO5/c17-11-2-1-3-12(13(11)19)18-15(20)10-4-7-23-14(10)16(21)5-8-22-9-6-16/h1-4,7,19,21H,5-6,8-9H2,(H,18,20). The number of carbonyl (C=O) groups is 1. The van der Waals surface area contributed by atoms with Crippen LogP contribution < -0.4 is 5.32 Å². The number of anilines is 1. The zero-order chi connectivity index (χ0) is 16.4. The average molecular weight is 338 g/mol. The van der Waals surface area contributed by atoms with Crippen molar-refractivity contribution in [2.24, 2.45) is 0 Å². The molecule has 1 aromatic carbocycles. The van der Waals surface area contributed by atoms with Gasteiger partial charge in [0.15, 0.2) is 5.75 Å². The topological polar surface area (TPSA) is 91.9 Å². The van der Waals surface area contributed by atoms with E-state index in [1.54, 1.807) is 6.07 Å². The molecular weight excluding hydrogens is 322 g/mol. The number of hydrogen-bond acceptors (Lipinski definition) is 5. The molecule has 7 heteroatoms. The van der Waals surface area contributed by atoms with Crippen LogP contribution in [0.25, 0.3) is 0 Å². The average Bonchev–Trinajstić information content (AvgIpc) is 3.03. The largest absolute Gasteiger partial charge is 0.504 e. The zero-order valence-corrected chi connectivity index (χ0v) is 13.0. The molecule has 2 heterocycles. The molecule has 6 nitrogen and oxygen atoms in total. The first kappa shape index (κ1) is 15.9. The van der Waals surface area contributed by atoms with Crippen molar-refractivity contribution in [3.63, 3.8) is 0 Å². The molecule has 1 saturated heterocycles. The maximum atomic E-state index is 12.5. The molecule has 2 aromatic rings. The number of benzene rings is 1. The molecule has 0 saturated carbocycles. The van der Waals surface area contributed by atoms with Gasteiger partial charge in [-0.25, -0.2) is 0 Å². The summed E-state index contributed by atoms with van der Waals surface area (Å²) >= 11 is 5.82. The molecule has 0 atom stereocenters. The molecule has 1 aromatic heterocycles. The van der Waals surface area contributed by atoms with E-state index >= 15 is 0 Å². The molecule has 0 unspecified atom stereocenters. The van der Waals surface area contributed by atoms with Gasteiger partial charge in [-0.3, -0.25) is 4.79 Å². The Morgan fingerprint density at radius 3 is 2.74 bits per heavy atom. The summed E-state index contributed by atoms with van der Waals surface area (Å²) < 4.78 is 10.6. The van der Waals surface area contributed by atoms with Crippen molar-refractivity contribution >= 4 is 23.2 Å². The number of nitrogens with one attached hydrogen (secondary N) is 1. The third-order valence-electron chi connectivity index (χ3n) is 3.89. The van der Waals surface area contributed by atoms with E-state index in [0.717, 1.165) is 0 Å². The van der Waals surface area contributed by atoms with E-state index in [9.17, 15) is 15.0 Å². The molecule has 0 bridgehead atoms. The second-order valence-corrected chi connectivity index (χ2v) is 5.80. The van der Waals surface area contributed by atoms with Crippen molar-refractivity contribution in [2.75, 3.05) is 18.5 Å². The van der Waals surface area contributed by atoms with Gasteiger partial charge in [0.1, 0.15) is 11.4 Å². The number of rotatable bonds is 3. The molecular formula is C16H16ClNO5. The lowest BCUT2D eigenvalue weighted by atomic mass is 9.89. The molecule has 1 aliphatic rings. The number of aromatic hydroxyl groups is 1. The second-order valence-electron chi connectivity index (χ2n) is 5.40. The Labute approximate surface area is 137 Å². The number of carbonyl (C=O) groups excluding carboxylic acids is 1. The van der Waals surface area contributed by atoms with E-state index in [4.69, 9.17) is 20.8 Å². The summed E-state index contributed by atoms with van der Waals surface area (Å²) in [5, 5.41) is 23.3. The lowest BCUT2D eigenvalue weighted by Gasteiger charge is -2.30. The molecule has 0 spiro atoms. The Hall–Kier alpha value is -2.02. The van der Waals surface area contributed by atoms with E-state index in [2.05, 4.69) is 5.32 Å². The highest BCUT2D eigenvalue weighted by atomic mass is 35.5. The minimum Gasteiger partial charge on any atom is -0.504 e. The number of para-hydroxylation sites is 1. The number of hydrogen-bond donors (Lipinski definition) is 3. The summed E-state index contributed by atoms with van der Waals surface area (Å²) in [5.74, 6) is -0.497. The van der Waals surface area contributed by atoms with E-state index in [1.165, 1.54) is 24.5 Å². The molecule has 1 amide bonds. The molecule has 3 rings (SSSR count). The number of ether oxygens (including phenoxy) is 1. The number of phenolic OH excluding ortho intramolecular Hbond substituents is 1. The van der Waals surface area contributed by atoms with Crippen LogP contribution in [0.4, 0.5) is 5.69 Å². The maximum absolute atomic E-state index is 12.5. The van der Waals surface area contributed by atoms with Crippen molar-refractivity contribution in [3.05, 3.63) is 46.9 Å². The summed E-state index contributed by atoms with van der Waals surface area (Å²) in [7, 11) is 0. The van der Waals surface area contributed by atoms with Crippen LogP contribution in [0.15, 0.2) is 34.9 Å². The van der Waals surface area contributed by atoms with Crippen LogP contribution in [0, 0.1) is 0 Å². The fourth-order valence-electron chi connectivity index (χ4n) is 2.59. The van der Waals surface area contributed by atoms with E-state index < -0.39 is 11.5 Å². The highest BCUT2D eigenvalue weighted by Gasteiger charge is 2.38. The number of halogens is 1. The first-order valence-electron chi connectivity index (χ1n) is 7.18. The van der Waals surface area contributed by atoms with Crippen LogP contribution in [-0.2, 0) is 10.3 Å². The molecule has 1 fully saturated rings. The van der Waals surface area contributed by atoms with Gasteiger partial charge in [0, 0.05) is 26.1 Å². The van der Waals surface area contributed by atoms with Crippen molar-refractivity contribution in [2.45, 2.75) is 18.4 Å². The number of aliphatic hydroxyl groups is 1. The van der Waals surface area contributed by atoms with Crippen LogP contribution in [0.2, 0.25) is 5.02 Å². The van der Waals surface area contributed by atoms with Gasteiger partial charge in [-0.15, -0.1) is 0 Å². The van der Waals surface area contributed by atoms with E-state index in [-0.39, 0.29) is 27.8 Å². The molecule has 23 heavy (non-hydrogen) atoms. The van der Waals surface area contributed by atoms with Gasteiger partial charge in [0.25, 0.3) is 5.91 Å². The Kier molecular flexibility index (Phi) is 4.30. The zero-order valence-electron chi connectivity index (χ0n) is 12.2. The summed E-state index contributed by atoms with van der Waals surface area (Å²) in [5.41, 5.74) is -0.826. The normalized spacial score (nSPS) is 17.0. The second kappa shape index (κ2) is 6.23. The fourth-order valence-corrected chi connectivity index (χ4v) is 2.76. The maximum Gasteiger partial charge on any atom is 0.259 e. The number of phenols is 1. The van der Waals surface area contributed by atoms with Gasteiger partial charge in [-0.05, 0) is 18.2 Å². The fraction of sp³-hybridized carbons (Fsp3) is 0.312. The Morgan fingerprint density at radius 1 is 1.26 bits per heavy atom. The first-order valence-corrected chi connectivity index (χ1v) is 7.56. The van der Waals surface area contributed by atoms with E-state index in [0.29, 0.717) is 26.1 Å². The van der Waals surface area contributed by atoms with Crippen molar-refractivity contribution in [1.82, 2.24) is 0 Å². The summed E-state index contributed by atoms with van der Waals surface area (Å²) in [6.45, 7) is 0.792. The van der Waals surface area contributed by atoms with Crippen LogP contribution in [0.1, 0.15) is 29.0 Å². The van der Waals surface area contributed by atoms with E-state index in [1.807, 2.05) is 0 Å². The first-order chi connectivity index (χ1) is 11.0. The highest BCUT2D eigenvalue weighted by molar-refractivity contribution is 6.32. The number of amides is 1. The smallest absolute Gasteiger partial charge is 0.259 e. The molecule has 0 radical (unpaired) electrons. The highest BCUT2D eigenvalue weighted by Crippen LogP contribution is 2.36. The van der Waals surface area contributed by atoms with Crippen LogP contribution in [0.5, 0.6) is 5.75 Å². The lowest BCUT2D eigenvalue weighted by Crippen LogP contribution is -2.34. The summed E-state index contributed by atoms with van der Waals surface area (Å²) in [4.78, 5) is 12.5. The summed E-state index contributed by atoms with van der Waals surface area (Å²) in [6, 6.07) is 6.14. The third kappa shape index (κ3) is 3.06. The van der Waals surface area contributed by atoms with Gasteiger partial charge in [-0.1, -0.05) is 17.7 Å². The van der Waals surface area contributed by atoms with Crippen molar-refractivity contribution in [1.29, 1.82) is 0 Å². The van der Waals surface area contributed by atoms with Crippen molar-refractivity contribution < 1.29 is 24.2 Å². The predicted octanol–water partition coefficient (Wildman–Crippen LogP) is 2.89. The van der Waals surface area contributed by atoms with Gasteiger partial charge >= 0.3 is 0 Å². The van der Waals surface area contributed by atoms with Crippen LogP contribution >= 0.6 is 11.6 Å². The summed E-state index contributed by atoms with van der Waals surface area (Å²) in [6.07, 6.45) is 2.06. The Bertz CT molecular complexity index is 721. The predicted molar refractivity (Wildman–Crippen MR) is 83.7 cm³/mol. The van der Waals surface area contributed by atoms with Crippen LogP contribution in [-0.4, -0.2) is 29.3 Å². The Morgan fingerprint density at radius 2 is 2.00 bits per heavy atom. The van der Waals surface area contributed by atoms with Gasteiger partial charge in [-0.2, -0.15) is 0 Å². The van der Waals surface area contributed by atoms with Gasteiger partial charge < -0.3 is 24.7 Å².